The van der Waals surface area contributed by atoms with Gasteiger partial charge in [-0.2, -0.15) is 0 Å². The number of carbonyl (C=O) groups excluding carboxylic acids is 1. The van der Waals surface area contributed by atoms with Crippen LogP contribution in [0.3, 0.4) is 0 Å². The van der Waals surface area contributed by atoms with E-state index in [1.54, 1.807) is 0 Å². The molecule has 19 atom stereocenters. The molecule has 0 aromatic carbocycles. The summed E-state index contributed by atoms with van der Waals surface area (Å²) >= 11 is 0. The van der Waals surface area contributed by atoms with Crippen LogP contribution >= 0.6 is 0 Å². The maximum atomic E-state index is 12.5. The van der Waals surface area contributed by atoms with Crippen LogP contribution in [0, 0.1) is 5.92 Å². The van der Waals surface area contributed by atoms with Crippen LogP contribution in [0.2, 0.25) is 0 Å². The number of nitrogens with two attached hydrogens (primary N) is 6. The largest absolute Gasteiger partial charge is 0.394 e. The lowest BCUT2D eigenvalue weighted by molar-refractivity contribution is -0.309. The lowest BCUT2D eigenvalue weighted by Gasteiger charge is -2.47. The molecule has 1 saturated carbocycles. The molecule has 4 fully saturated rings. The summed E-state index contributed by atoms with van der Waals surface area (Å²) in [5.74, 6) is -0.951. The van der Waals surface area contributed by atoms with E-state index < -0.39 is 123 Å². The first kappa shape index (κ1) is 38.7. The highest BCUT2D eigenvalue weighted by molar-refractivity contribution is 5.78. The molecule has 0 unspecified atom stereocenters. The summed E-state index contributed by atoms with van der Waals surface area (Å²) in [6, 6.07) is -3.45. The third-order valence-electron chi connectivity index (χ3n) is 9.36. The van der Waals surface area contributed by atoms with Crippen molar-refractivity contribution < 1.29 is 69.0 Å². The number of Topliss-reactive ketones (excluding diaryl/α,β-unsaturated/α-hetero) is 1. The van der Waals surface area contributed by atoms with Crippen LogP contribution in [-0.2, 0) is 33.2 Å². The number of ether oxygens (including phenoxy) is 6. The Morgan fingerprint density at radius 3 is 1.62 bits per heavy atom. The van der Waals surface area contributed by atoms with Crippen molar-refractivity contribution in [3.05, 3.63) is 0 Å². The monoisotopic (exact) mass is 684 g/mol. The summed E-state index contributed by atoms with van der Waals surface area (Å²) in [4.78, 5) is 12.5. The highest BCUT2D eigenvalue weighted by atomic mass is 16.8. The van der Waals surface area contributed by atoms with Crippen LogP contribution in [0.1, 0.15) is 19.3 Å². The van der Waals surface area contributed by atoms with Gasteiger partial charge < -0.3 is 98.6 Å². The molecule has 3 heterocycles. The minimum atomic E-state index is -1.65. The van der Waals surface area contributed by atoms with Crippen molar-refractivity contribution in [2.24, 2.45) is 40.3 Å². The van der Waals surface area contributed by atoms with Gasteiger partial charge in [-0.3, -0.25) is 4.79 Å². The Morgan fingerprint density at radius 2 is 1.13 bits per heavy atom. The zero-order valence-electron chi connectivity index (χ0n) is 25.9. The third kappa shape index (κ3) is 8.28. The van der Waals surface area contributed by atoms with Gasteiger partial charge in [0, 0.05) is 32.0 Å². The fourth-order valence-corrected chi connectivity index (χ4v) is 6.56. The smallest absolute Gasteiger partial charge is 0.187 e. The van der Waals surface area contributed by atoms with E-state index in [1.807, 2.05) is 0 Å². The summed E-state index contributed by atoms with van der Waals surface area (Å²) in [6.07, 6.45) is -20.4. The number of hydrogen-bond acceptors (Lipinski definition) is 20. The molecule has 4 aliphatic rings. The first-order valence-electron chi connectivity index (χ1n) is 15.8. The average Bonchev–Trinajstić information content (AvgIpc) is 3.34. The topological polar surface area (TPSA) is 370 Å². The molecule has 0 aromatic rings. The Morgan fingerprint density at radius 1 is 0.638 bits per heavy atom. The van der Waals surface area contributed by atoms with Gasteiger partial charge in [0.1, 0.15) is 72.9 Å². The standard InChI is InChI=1S/C27H52N6O14/c28-2-1-9(35)3-8-4-10(31)22(45-25-14(32)19(39)17(37)11(5-29)42-25)24(16(8)36)47-27-21(41)23(13(7-34)44-27)46-26-15(33)20(40)18(38)12(6-30)43-26/h8,10-27,34,36-41H,1-7,28-33H2/t8-,10+,11-,12+,13-,14-,15-,16+,17-,18-,19-,20-,21-,22-,23-,24-,25-,26-,27+/m1/s1. The van der Waals surface area contributed by atoms with Crippen molar-refractivity contribution in [3.8, 4) is 0 Å². The Balaban J connectivity index is 1.56. The first-order chi connectivity index (χ1) is 22.3. The quantitative estimate of drug-likeness (QED) is 0.0856. The molecule has 0 amide bonds. The fraction of sp³-hybridized carbons (Fsp3) is 0.963. The Kier molecular flexibility index (Phi) is 13.8. The molecular formula is C27H52N6O14. The van der Waals surface area contributed by atoms with Crippen LogP contribution in [-0.4, -0.2) is 178 Å². The lowest BCUT2D eigenvalue weighted by atomic mass is 9.77. The molecule has 274 valence electrons. The number of ketones is 1. The van der Waals surface area contributed by atoms with Crippen molar-refractivity contribution in [3.63, 3.8) is 0 Å². The van der Waals surface area contributed by atoms with Crippen LogP contribution in [0.4, 0.5) is 0 Å². The van der Waals surface area contributed by atoms with E-state index in [9.17, 15) is 40.5 Å². The maximum Gasteiger partial charge on any atom is 0.187 e. The van der Waals surface area contributed by atoms with E-state index in [2.05, 4.69) is 0 Å². The number of hydrogen-bond donors (Lipinski definition) is 13. The molecule has 0 aromatic heterocycles. The van der Waals surface area contributed by atoms with Crippen molar-refractivity contribution in [2.45, 2.75) is 130 Å². The summed E-state index contributed by atoms with van der Waals surface area (Å²) in [7, 11) is 0. The number of carbonyl (C=O) groups is 1. The van der Waals surface area contributed by atoms with Gasteiger partial charge in [-0.15, -0.1) is 0 Å². The minimum absolute atomic E-state index is 0.0686. The van der Waals surface area contributed by atoms with Crippen molar-refractivity contribution >= 4 is 5.78 Å². The van der Waals surface area contributed by atoms with Gasteiger partial charge in [0.25, 0.3) is 0 Å². The SMILES string of the molecule is NCCC(=O)C[C@@H]1C[C@H](N)[C@@H](O[C@H]2O[C@H](CN)[C@@H](O)[C@H](O)[C@H]2N)[C@H](O[C@@H]2O[C@H](CO)[C@@H](O[C@H]3O[C@@H](CN)[C@@H](O)[C@H](O)[C@H]3N)[C@H]2O)[C@H]1O. The zero-order chi connectivity index (χ0) is 34.7. The minimum Gasteiger partial charge on any atom is -0.394 e. The van der Waals surface area contributed by atoms with Crippen molar-refractivity contribution in [2.75, 3.05) is 26.2 Å². The molecule has 47 heavy (non-hydrogen) atoms. The second kappa shape index (κ2) is 16.7. The Labute approximate surface area is 271 Å². The number of rotatable bonds is 13. The van der Waals surface area contributed by atoms with Crippen LogP contribution in [0.5, 0.6) is 0 Å². The maximum absolute atomic E-state index is 12.5. The summed E-state index contributed by atoms with van der Waals surface area (Å²) in [5.41, 5.74) is 35.5. The van der Waals surface area contributed by atoms with Gasteiger partial charge in [0.15, 0.2) is 18.9 Å². The summed E-state index contributed by atoms with van der Waals surface area (Å²) in [6.45, 7) is -0.938. The third-order valence-corrected chi connectivity index (χ3v) is 9.36. The lowest BCUT2D eigenvalue weighted by Crippen LogP contribution is -2.67. The van der Waals surface area contributed by atoms with Gasteiger partial charge in [0.2, 0.25) is 0 Å². The summed E-state index contributed by atoms with van der Waals surface area (Å²) in [5, 5.41) is 74.2. The van der Waals surface area contributed by atoms with Crippen LogP contribution in [0.25, 0.3) is 0 Å². The highest BCUT2D eigenvalue weighted by Gasteiger charge is 2.54. The van der Waals surface area contributed by atoms with Crippen molar-refractivity contribution in [1.82, 2.24) is 0 Å². The van der Waals surface area contributed by atoms with E-state index in [4.69, 9.17) is 62.8 Å². The van der Waals surface area contributed by atoms with Gasteiger partial charge >= 0.3 is 0 Å². The molecular weight excluding hydrogens is 632 g/mol. The second-order valence-electron chi connectivity index (χ2n) is 12.6. The predicted molar refractivity (Wildman–Crippen MR) is 157 cm³/mol. The molecule has 1 aliphatic carbocycles. The first-order valence-corrected chi connectivity index (χ1v) is 15.8. The second-order valence-corrected chi connectivity index (χ2v) is 12.6. The molecule has 20 heteroatoms. The molecule has 3 saturated heterocycles. The molecule has 0 radical (unpaired) electrons. The summed E-state index contributed by atoms with van der Waals surface area (Å²) < 4.78 is 35.1. The van der Waals surface area contributed by atoms with Crippen molar-refractivity contribution in [1.29, 1.82) is 0 Å². The predicted octanol–water partition coefficient (Wildman–Crippen LogP) is -8.30. The van der Waals surface area contributed by atoms with Gasteiger partial charge in [-0.1, -0.05) is 0 Å². The Bertz CT molecular complexity index is 1010. The van der Waals surface area contributed by atoms with E-state index >= 15 is 0 Å². The van der Waals surface area contributed by atoms with Gasteiger partial charge in [-0.05, 0) is 18.9 Å². The zero-order valence-corrected chi connectivity index (χ0v) is 25.9. The van der Waals surface area contributed by atoms with Gasteiger partial charge in [-0.25, -0.2) is 0 Å². The molecule has 4 rings (SSSR count). The normalized spacial score (nSPS) is 49.3. The molecule has 20 nitrogen and oxygen atoms in total. The molecule has 0 spiro atoms. The Hall–Kier alpha value is -1.09. The van der Waals surface area contributed by atoms with Crippen LogP contribution in [0.15, 0.2) is 0 Å². The van der Waals surface area contributed by atoms with Gasteiger partial charge in [0.05, 0.1) is 24.8 Å². The number of aliphatic hydroxyl groups excluding tert-OH is 7. The van der Waals surface area contributed by atoms with Crippen LogP contribution < -0.4 is 34.4 Å². The number of aliphatic hydroxyl groups is 7. The van der Waals surface area contributed by atoms with E-state index in [-0.39, 0.29) is 44.7 Å². The highest BCUT2D eigenvalue weighted by Crippen LogP contribution is 2.37. The molecule has 3 aliphatic heterocycles. The van der Waals surface area contributed by atoms with E-state index in [0.29, 0.717) is 0 Å². The fourth-order valence-electron chi connectivity index (χ4n) is 6.56. The van der Waals surface area contributed by atoms with E-state index in [0.717, 1.165) is 0 Å². The average molecular weight is 685 g/mol. The van der Waals surface area contributed by atoms with E-state index in [1.165, 1.54) is 0 Å². The molecule has 0 bridgehead atoms. The molecule has 19 N–H and O–H groups in total.